The van der Waals surface area contributed by atoms with E-state index in [1.807, 2.05) is 45.0 Å². The van der Waals surface area contributed by atoms with Gasteiger partial charge in [-0.15, -0.1) is 0 Å². The number of carbonyl (C=O) groups is 2. The molecule has 0 bridgehead atoms. The topological polar surface area (TPSA) is 62.6 Å². The van der Waals surface area contributed by atoms with Crippen molar-refractivity contribution in [3.05, 3.63) is 35.6 Å². The molecule has 128 valence electrons. The Morgan fingerprint density at radius 2 is 2.04 bits per heavy atom. The number of likely N-dealkylation sites (tertiary alicyclic amines) is 1. The molecule has 2 aromatic rings. The van der Waals surface area contributed by atoms with E-state index < -0.39 is 0 Å². The molecular weight excluding hydrogens is 304 g/mol. The van der Waals surface area contributed by atoms with Crippen LogP contribution in [0.1, 0.15) is 42.8 Å². The van der Waals surface area contributed by atoms with Crippen LogP contribution in [0.4, 0.5) is 0 Å². The minimum absolute atomic E-state index is 0.0313. The lowest BCUT2D eigenvalue weighted by Gasteiger charge is -2.32. The molecule has 3 rings (SSSR count). The second kappa shape index (κ2) is 6.67. The molecule has 1 fully saturated rings. The molecule has 5 heteroatoms. The smallest absolute Gasteiger partial charge is 0.289 e. The van der Waals surface area contributed by atoms with Crippen LogP contribution in [0, 0.1) is 12.8 Å². The molecule has 24 heavy (non-hydrogen) atoms. The minimum Gasteiger partial charge on any atom is -0.451 e. The molecule has 0 radical (unpaired) electrons. The molecule has 2 heterocycles. The largest absolute Gasteiger partial charge is 0.451 e. The van der Waals surface area contributed by atoms with E-state index >= 15 is 0 Å². The van der Waals surface area contributed by atoms with Crippen LogP contribution < -0.4 is 5.32 Å². The molecule has 2 amide bonds. The van der Waals surface area contributed by atoms with Crippen LogP contribution in [-0.2, 0) is 4.79 Å². The molecule has 0 aliphatic carbocycles. The number of carbonyl (C=O) groups excluding carboxylic acids is 2. The number of para-hydroxylation sites is 1. The van der Waals surface area contributed by atoms with Crippen molar-refractivity contribution >= 4 is 22.8 Å². The number of nitrogens with zero attached hydrogens (tertiary/aromatic N) is 1. The Kier molecular flexibility index (Phi) is 4.60. The van der Waals surface area contributed by atoms with Crippen molar-refractivity contribution in [1.29, 1.82) is 0 Å². The number of amides is 2. The lowest BCUT2D eigenvalue weighted by Crippen LogP contribution is -2.46. The van der Waals surface area contributed by atoms with E-state index in [9.17, 15) is 9.59 Å². The maximum atomic E-state index is 12.9. The van der Waals surface area contributed by atoms with Crippen LogP contribution in [-0.4, -0.2) is 35.8 Å². The molecule has 1 aliphatic rings. The van der Waals surface area contributed by atoms with E-state index in [4.69, 9.17) is 4.42 Å². The molecule has 0 spiro atoms. The van der Waals surface area contributed by atoms with Gasteiger partial charge in [0.05, 0.1) is 5.92 Å². The average Bonchev–Trinajstić information content (AvgIpc) is 2.91. The highest BCUT2D eigenvalue weighted by Crippen LogP contribution is 2.27. The van der Waals surface area contributed by atoms with Gasteiger partial charge < -0.3 is 14.6 Å². The van der Waals surface area contributed by atoms with Crippen LogP contribution in [0.3, 0.4) is 0 Å². The number of rotatable bonds is 3. The number of furan rings is 1. The fraction of sp³-hybridized carbons (Fsp3) is 0.474. The summed E-state index contributed by atoms with van der Waals surface area (Å²) < 4.78 is 5.78. The summed E-state index contributed by atoms with van der Waals surface area (Å²) in [5, 5.41) is 3.91. The zero-order chi connectivity index (χ0) is 17.3. The predicted octanol–water partition coefficient (Wildman–Crippen LogP) is 3.12. The summed E-state index contributed by atoms with van der Waals surface area (Å²) >= 11 is 0. The third kappa shape index (κ3) is 3.16. The Bertz CT molecular complexity index is 763. The number of fused-ring (bicyclic) bond motifs is 1. The zero-order valence-corrected chi connectivity index (χ0v) is 14.5. The fourth-order valence-electron chi connectivity index (χ4n) is 3.30. The number of benzene rings is 1. The Labute approximate surface area is 142 Å². The van der Waals surface area contributed by atoms with Crippen molar-refractivity contribution < 1.29 is 14.0 Å². The zero-order valence-electron chi connectivity index (χ0n) is 14.5. The first kappa shape index (κ1) is 16.6. The molecule has 0 saturated carbocycles. The van der Waals surface area contributed by atoms with Gasteiger partial charge in [-0.25, -0.2) is 0 Å². The lowest BCUT2D eigenvalue weighted by molar-refractivity contribution is -0.126. The van der Waals surface area contributed by atoms with Gasteiger partial charge in [0.2, 0.25) is 5.91 Å². The Balaban J connectivity index is 1.78. The normalized spacial score (nSPS) is 18.2. The summed E-state index contributed by atoms with van der Waals surface area (Å²) in [4.78, 5) is 26.9. The fourth-order valence-corrected chi connectivity index (χ4v) is 3.30. The lowest BCUT2D eigenvalue weighted by atomic mass is 9.96. The predicted molar refractivity (Wildman–Crippen MR) is 92.9 cm³/mol. The molecule has 1 aromatic heterocycles. The second-order valence-electron chi connectivity index (χ2n) is 6.81. The monoisotopic (exact) mass is 328 g/mol. The van der Waals surface area contributed by atoms with Gasteiger partial charge in [0.1, 0.15) is 5.58 Å². The number of hydrogen-bond donors (Lipinski definition) is 1. The van der Waals surface area contributed by atoms with E-state index in [0.717, 1.165) is 29.4 Å². The van der Waals surface area contributed by atoms with Gasteiger partial charge in [-0.2, -0.15) is 0 Å². The maximum Gasteiger partial charge on any atom is 0.289 e. The summed E-state index contributed by atoms with van der Waals surface area (Å²) in [7, 11) is 0. The van der Waals surface area contributed by atoms with Gasteiger partial charge >= 0.3 is 0 Å². The van der Waals surface area contributed by atoms with E-state index in [1.54, 1.807) is 4.90 Å². The summed E-state index contributed by atoms with van der Waals surface area (Å²) in [5.74, 6) is 0.158. The van der Waals surface area contributed by atoms with Gasteiger partial charge in [-0.1, -0.05) is 18.2 Å². The summed E-state index contributed by atoms with van der Waals surface area (Å²) in [6.07, 6.45) is 1.66. The van der Waals surface area contributed by atoms with Crippen LogP contribution in [0.15, 0.2) is 28.7 Å². The van der Waals surface area contributed by atoms with Gasteiger partial charge in [-0.3, -0.25) is 9.59 Å². The quantitative estimate of drug-likeness (QED) is 0.941. The Hall–Kier alpha value is -2.30. The first-order chi connectivity index (χ1) is 11.5. The Morgan fingerprint density at radius 3 is 2.75 bits per heavy atom. The van der Waals surface area contributed by atoms with Gasteiger partial charge in [0.25, 0.3) is 5.91 Å². The van der Waals surface area contributed by atoms with Crippen molar-refractivity contribution in [2.45, 2.75) is 39.7 Å². The van der Waals surface area contributed by atoms with Crippen LogP contribution in [0.25, 0.3) is 11.0 Å². The average molecular weight is 328 g/mol. The number of hydrogen-bond acceptors (Lipinski definition) is 3. The molecule has 5 nitrogen and oxygen atoms in total. The van der Waals surface area contributed by atoms with Gasteiger partial charge in [0.15, 0.2) is 5.76 Å². The van der Waals surface area contributed by atoms with Crippen molar-refractivity contribution in [3.8, 4) is 0 Å². The maximum absolute atomic E-state index is 12.9. The summed E-state index contributed by atoms with van der Waals surface area (Å²) in [5.41, 5.74) is 1.59. The molecule has 1 atom stereocenters. The first-order valence-electron chi connectivity index (χ1n) is 8.55. The highest BCUT2D eigenvalue weighted by Gasteiger charge is 2.31. The van der Waals surface area contributed by atoms with E-state index in [2.05, 4.69) is 5.32 Å². The molecule has 1 aliphatic heterocycles. The van der Waals surface area contributed by atoms with E-state index in [0.29, 0.717) is 18.8 Å². The molecule has 1 aromatic carbocycles. The third-order valence-electron chi connectivity index (χ3n) is 4.55. The van der Waals surface area contributed by atoms with Crippen molar-refractivity contribution in [3.63, 3.8) is 0 Å². The van der Waals surface area contributed by atoms with Gasteiger partial charge in [0, 0.05) is 30.1 Å². The first-order valence-corrected chi connectivity index (χ1v) is 8.55. The number of piperidine rings is 1. The van der Waals surface area contributed by atoms with Crippen molar-refractivity contribution in [1.82, 2.24) is 10.2 Å². The summed E-state index contributed by atoms with van der Waals surface area (Å²) in [6, 6.07) is 7.77. The second-order valence-corrected chi connectivity index (χ2v) is 6.81. The van der Waals surface area contributed by atoms with E-state index in [-0.39, 0.29) is 23.8 Å². The number of nitrogens with one attached hydrogen (secondary N) is 1. The van der Waals surface area contributed by atoms with Crippen LogP contribution >= 0.6 is 0 Å². The third-order valence-corrected chi connectivity index (χ3v) is 4.55. The molecule has 1 N–H and O–H groups in total. The SMILES string of the molecule is Cc1c(C(=O)N2CCCC(C(=O)NC(C)C)C2)oc2ccccc12. The minimum atomic E-state index is -0.144. The van der Waals surface area contributed by atoms with Crippen molar-refractivity contribution in [2.75, 3.05) is 13.1 Å². The van der Waals surface area contributed by atoms with Gasteiger partial charge in [-0.05, 0) is 39.7 Å². The van der Waals surface area contributed by atoms with Crippen LogP contribution in [0.2, 0.25) is 0 Å². The molecule has 1 unspecified atom stereocenters. The Morgan fingerprint density at radius 1 is 1.29 bits per heavy atom. The standard InChI is InChI=1S/C19H24N2O3/c1-12(2)20-18(22)14-7-6-10-21(11-14)19(23)17-13(3)15-8-4-5-9-16(15)24-17/h4-5,8-9,12,14H,6-7,10-11H2,1-3H3,(H,20,22). The van der Waals surface area contributed by atoms with Crippen LogP contribution in [0.5, 0.6) is 0 Å². The molecular formula is C19H24N2O3. The summed E-state index contributed by atoms with van der Waals surface area (Å²) in [6.45, 7) is 6.92. The van der Waals surface area contributed by atoms with Crippen molar-refractivity contribution in [2.24, 2.45) is 5.92 Å². The van der Waals surface area contributed by atoms with E-state index in [1.165, 1.54) is 0 Å². The highest BCUT2D eigenvalue weighted by molar-refractivity contribution is 5.99. The highest BCUT2D eigenvalue weighted by atomic mass is 16.3. The number of aryl methyl sites for hydroxylation is 1. The molecule has 1 saturated heterocycles.